The van der Waals surface area contributed by atoms with Gasteiger partial charge in [-0.1, -0.05) is 30.3 Å². The summed E-state index contributed by atoms with van der Waals surface area (Å²) >= 11 is 0. The highest BCUT2D eigenvalue weighted by Crippen LogP contribution is 2.42. The maximum absolute atomic E-state index is 13.3. The van der Waals surface area contributed by atoms with Gasteiger partial charge in [-0.2, -0.15) is 5.10 Å². The molecule has 3 saturated heterocycles. The van der Waals surface area contributed by atoms with Crippen LogP contribution in [0.4, 0.5) is 0 Å². The number of fused-ring (bicyclic) bond motifs is 4. The van der Waals surface area contributed by atoms with Crippen LogP contribution in [-0.4, -0.2) is 56.6 Å². The van der Waals surface area contributed by atoms with Crippen LogP contribution in [0.1, 0.15) is 42.5 Å². The Kier molecular flexibility index (Phi) is 5.32. The van der Waals surface area contributed by atoms with Crippen molar-refractivity contribution in [2.24, 2.45) is 18.9 Å². The lowest BCUT2D eigenvalue weighted by molar-refractivity contribution is -0.155. The lowest BCUT2D eigenvalue weighted by Gasteiger charge is -2.56. The molecule has 3 aliphatic rings. The first kappa shape index (κ1) is 20.3. The molecule has 164 valence electrons. The number of nitrogens with zero attached hydrogens (tertiary/aromatic N) is 4. The molecule has 2 amide bonds. The van der Waals surface area contributed by atoms with Gasteiger partial charge in [0.25, 0.3) is 0 Å². The van der Waals surface area contributed by atoms with E-state index in [-0.39, 0.29) is 18.0 Å². The zero-order valence-electron chi connectivity index (χ0n) is 18.5. The number of hydrogen-bond donors (Lipinski definition) is 0. The summed E-state index contributed by atoms with van der Waals surface area (Å²) in [5.74, 6) is 1.25. The summed E-state index contributed by atoms with van der Waals surface area (Å²) in [6, 6.07) is 11.0. The average Bonchev–Trinajstić information content (AvgIpc) is 3.08. The van der Waals surface area contributed by atoms with Gasteiger partial charge in [-0.3, -0.25) is 14.3 Å². The number of benzene rings is 1. The smallest absolute Gasteiger partial charge is 0.227 e. The second kappa shape index (κ2) is 8.13. The highest BCUT2D eigenvalue weighted by Gasteiger charge is 2.49. The van der Waals surface area contributed by atoms with Crippen molar-refractivity contribution in [2.75, 3.05) is 13.1 Å². The van der Waals surface area contributed by atoms with Crippen molar-refractivity contribution in [1.29, 1.82) is 0 Å². The SMILES string of the molecule is Cc1nn(C)cc1CC(=O)N1C[C@H]2C[C@@H](C1)[C@H](Cc1ccccc1)N1C(=O)CCC[C@@H]21. The molecule has 0 spiro atoms. The van der Waals surface area contributed by atoms with Gasteiger partial charge in [0.1, 0.15) is 0 Å². The van der Waals surface area contributed by atoms with Gasteiger partial charge in [0.15, 0.2) is 0 Å². The molecular weight excluding hydrogens is 388 g/mol. The number of aryl methyl sites for hydroxylation is 2. The molecule has 3 aliphatic heterocycles. The average molecular weight is 421 g/mol. The molecule has 0 radical (unpaired) electrons. The van der Waals surface area contributed by atoms with Crippen LogP contribution in [0.25, 0.3) is 0 Å². The molecule has 6 nitrogen and oxygen atoms in total. The van der Waals surface area contributed by atoms with Gasteiger partial charge in [-0.15, -0.1) is 0 Å². The van der Waals surface area contributed by atoms with Crippen LogP contribution in [0.2, 0.25) is 0 Å². The molecule has 6 heteroatoms. The van der Waals surface area contributed by atoms with Gasteiger partial charge in [-0.25, -0.2) is 0 Å². The fourth-order valence-electron chi connectivity index (χ4n) is 6.19. The Labute approximate surface area is 184 Å². The largest absolute Gasteiger partial charge is 0.342 e. The van der Waals surface area contributed by atoms with Crippen LogP contribution in [0.3, 0.4) is 0 Å². The second-order valence-electron chi connectivity index (χ2n) is 9.66. The van der Waals surface area contributed by atoms with Crippen molar-refractivity contribution in [3.8, 4) is 0 Å². The van der Waals surface area contributed by atoms with Crippen LogP contribution in [0.15, 0.2) is 36.5 Å². The van der Waals surface area contributed by atoms with Gasteiger partial charge in [0.2, 0.25) is 11.8 Å². The van der Waals surface area contributed by atoms with E-state index in [0.717, 1.165) is 50.0 Å². The number of amides is 2. The number of piperidine rings is 3. The maximum atomic E-state index is 13.3. The van der Waals surface area contributed by atoms with E-state index in [4.69, 9.17) is 0 Å². The van der Waals surface area contributed by atoms with Gasteiger partial charge >= 0.3 is 0 Å². The Morgan fingerprint density at radius 1 is 1.16 bits per heavy atom. The lowest BCUT2D eigenvalue weighted by atomic mass is 9.70. The molecule has 0 saturated carbocycles. The maximum Gasteiger partial charge on any atom is 0.227 e. The molecule has 2 bridgehead atoms. The summed E-state index contributed by atoms with van der Waals surface area (Å²) in [5, 5.41) is 4.39. The number of hydrogen-bond acceptors (Lipinski definition) is 3. The molecule has 1 aromatic heterocycles. The minimum absolute atomic E-state index is 0.187. The third kappa shape index (κ3) is 3.88. The van der Waals surface area contributed by atoms with E-state index in [9.17, 15) is 9.59 Å². The van der Waals surface area contributed by atoms with Crippen molar-refractivity contribution in [1.82, 2.24) is 19.6 Å². The van der Waals surface area contributed by atoms with E-state index in [0.29, 0.717) is 30.6 Å². The monoisotopic (exact) mass is 420 g/mol. The molecule has 1 aromatic carbocycles. The summed E-state index contributed by atoms with van der Waals surface area (Å²) in [6.45, 7) is 3.50. The van der Waals surface area contributed by atoms with Crippen molar-refractivity contribution < 1.29 is 9.59 Å². The molecular formula is C25H32N4O2. The van der Waals surface area contributed by atoms with Gasteiger partial charge in [0.05, 0.1) is 12.1 Å². The zero-order valence-corrected chi connectivity index (χ0v) is 18.5. The minimum Gasteiger partial charge on any atom is -0.342 e. The Balaban J connectivity index is 1.39. The summed E-state index contributed by atoms with van der Waals surface area (Å²) in [6.07, 6.45) is 7.09. The van der Waals surface area contributed by atoms with Crippen LogP contribution in [0, 0.1) is 18.8 Å². The molecule has 4 heterocycles. The van der Waals surface area contributed by atoms with Crippen LogP contribution >= 0.6 is 0 Å². The third-order valence-electron chi connectivity index (χ3n) is 7.59. The van der Waals surface area contributed by atoms with Crippen molar-refractivity contribution in [2.45, 2.75) is 57.5 Å². The first-order chi connectivity index (χ1) is 15.0. The Morgan fingerprint density at radius 2 is 1.94 bits per heavy atom. The van der Waals surface area contributed by atoms with E-state index in [1.54, 1.807) is 4.68 Å². The highest BCUT2D eigenvalue weighted by molar-refractivity contribution is 5.80. The predicted octanol–water partition coefficient (Wildman–Crippen LogP) is 2.74. The molecule has 4 atom stereocenters. The number of carbonyl (C=O) groups excluding carboxylic acids is 2. The standard InChI is InChI=1S/C25H32N4O2/c1-17-19(14-27(2)26-17)13-25(31)28-15-20-12-21(16-28)23(11-18-7-4-3-5-8-18)29-22(20)9-6-10-24(29)30/h3-5,7-8,14,20-23H,6,9-13,15-16H2,1-2H3/t20-,21+,22+,23+/m1/s1. The van der Waals surface area contributed by atoms with E-state index >= 15 is 0 Å². The van der Waals surface area contributed by atoms with Gasteiger partial charge < -0.3 is 9.80 Å². The molecule has 31 heavy (non-hydrogen) atoms. The molecule has 5 rings (SSSR count). The predicted molar refractivity (Wildman–Crippen MR) is 118 cm³/mol. The fourth-order valence-corrected chi connectivity index (χ4v) is 6.19. The van der Waals surface area contributed by atoms with Gasteiger partial charge in [-0.05, 0) is 50.0 Å². The van der Waals surface area contributed by atoms with E-state index < -0.39 is 0 Å². The number of carbonyl (C=O) groups is 2. The fraction of sp³-hybridized carbons (Fsp3) is 0.560. The Morgan fingerprint density at radius 3 is 2.68 bits per heavy atom. The summed E-state index contributed by atoms with van der Waals surface area (Å²) < 4.78 is 1.78. The summed E-state index contributed by atoms with van der Waals surface area (Å²) in [7, 11) is 1.90. The normalized spacial score (nSPS) is 27.9. The van der Waals surface area contributed by atoms with Crippen molar-refractivity contribution in [3.05, 3.63) is 53.3 Å². The minimum atomic E-state index is 0.187. The summed E-state index contributed by atoms with van der Waals surface area (Å²) in [4.78, 5) is 30.6. The molecule has 0 N–H and O–H groups in total. The first-order valence-corrected chi connectivity index (χ1v) is 11.6. The number of aromatic nitrogens is 2. The Bertz CT molecular complexity index is 969. The topological polar surface area (TPSA) is 58.4 Å². The zero-order chi connectivity index (χ0) is 21.5. The van der Waals surface area contributed by atoms with Crippen LogP contribution in [-0.2, 0) is 29.5 Å². The second-order valence-corrected chi connectivity index (χ2v) is 9.66. The van der Waals surface area contributed by atoms with E-state index in [2.05, 4.69) is 39.2 Å². The first-order valence-electron chi connectivity index (χ1n) is 11.6. The quantitative estimate of drug-likeness (QED) is 0.764. The molecule has 3 fully saturated rings. The molecule has 0 aliphatic carbocycles. The van der Waals surface area contributed by atoms with E-state index in [1.807, 2.05) is 26.2 Å². The summed E-state index contributed by atoms with van der Waals surface area (Å²) in [5.41, 5.74) is 3.22. The van der Waals surface area contributed by atoms with Crippen LogP contribution in [0.5, 0.6) is 0 Å². The van der Waals surface area contributed by atoms with Crippen LogP contribution < -0.4 is 0 Å². The third-order valence-corrected chi connectivity index (χ3v) is 7.59. The van der Waals surface area contributed by atoms with E-state index in [1.165, 1.54) is 5.56 Å². The Hall–Kier alpha value is -2.63. The van der Waals surface area contributed by atoms with Crippen molar-refractivity contribution in [3.63, 3.8) is 0 Å². The molecule has 2 aromatic rings. The number of rotatable bonds is 4. The lowest BCUT2D eigenvalue weighted by Crippen LogP contribution is -2.66. The highest BCUT2D eigenvalue weighted by atomic mass is 16.2. The van der Waals surface area contributed by atoms with Crippen molar-refractivity contribution >= 4 is 11.8 Å². The molecule has 0 unspecified atom stereocenters. The van der Waals surface area contributed by atoms with Gasteiger partial charge in [0, 0.05) is 50.4 Å². The number of likely N-dealkylation sites (tertiary alicyclic amines) is 1.